The first-order valence-corrected chi connectivity index (χ1v) is 7.50. The third-order valence-corrected chi connectivity index (χ3v) is 4.58. The van der Waals surface area contributed by atoms with Crippen LogP contribution in [0.4, 0.5) is 4.39 Å². The Morgan fingerprint density at radius 3 is 2.62 bits per heavy atom. The number of alkyl halides is 1. The Kier molecular flexibility index (Phi) is 5.64. The zero-order valence-corrected chi connectivity index (χ0v) is 10.3. The van der Waals surface area contributed by atoms with Crippen molar-refractivity contribution in [3.05, 3.63) is 0 Å². The number of rotatable bonds is 6. The van der Waals surface area contributed by atoms with Gasteiger partial charge in [0.1, 0.15) is 0 Å². The molecule has 0 bridgehead atoms. The third kappa shape index (κ3) is 4.35. The van der Waals surface area contributed by atoms with E-state index in [1.54, 1.807) is 0 Å². The van der Waals surface area contributed by atoms with Gasteiger partial charge in [0.2, 0.25) is 10.0 Å². The van der Waals surface area contributed by atoms with Gasteiger partial charge in [-0.05, 0) is 31.7 Å². The van der Waals surface area contributed by atoms with Crippen LogP contribution in [0.3, 0.4) is 0 Å². The van der Waals surface area contributed by atoms with Crippen LogP contribution < -0.4 is 10.5 Å². The van der Waals surface area contributed by atoms with Gasteiger partial charge in [0.15, 0.2) is 0 Å². The Morgan fingerprint density at radius 2 is 2.00 bits per heavy atom. The van der Waals surface area contributed by atoms with Crippen LogP contribution in [0.25, 0.3) is 0 Å². The molecule has 0 aromatic carbocycles. The Bertz CT molecular complexity index is 295. The summed E-state index contributed by atoms with van der Waals surface area (Å²) in [6.07, 6.45) is 4.04. The molecule has 0 radical (unpaired) electrons. The molecule has 1 rings (SSSR count). The molecule has 0 unspecified atom stereocenters. The Hall–Kier alpha value is -0.200. The van der Waals surface area contributed by atoms with Crippen LogP contribution in [0.1, 0.15) is 32.1 Å². The van der Waals surface area contributed by atoms with Crippen molar-refractivity contribution in [3.63, 3.8) is 0 Å². The van der Waals surface area contributed by atoms with E-state index in [0.29, 0.717) is 6.54 Å². The van der Waals surface area contributed by atoms with Crippen LogP contribution in [-0.4, -0.2) is 33.4 Å². The SMILES string of the molecule is NC[C@H]1CCCC[C@H]1NS(=O)(=O)CCCF. The average Bonchev–Trinajstić information content (AvgIpc) is 2.27. The number of nitrogens with one attached hydrogen (secondary N) is 1. The second-order valence-corrected chi connectivity index (χ2v) is 6.24. The molecule has 1 aliphatic carbocycles. The second-order valence-electron chi connectivity index (χ2n) is 4.37. The molecular weight excluding hydrogens is 231 g/mol. The Labute approximate surface area is 96.8 Å². The molecule has 3 N–H and O–H groups in total. The van der Waals surface area contributed by atoms with Gasteiger partial charge >= 0.3 is 0 Å². The maximum Gasteiger partial charge on any atom is 0.211 e. The number of sulfonamides is 1. The molecule has 6 heteroatoms. The molecule has 96 valence electrons. The topological polar surface area (TPSA) is 72.2 Å². The van der Waals surface area contributed by atoms with Crippen molar-refractivity contribution in [2.24, 2.45) is 11.7 Å². The van der Waals surface area contributed by atoms with Crippen LogP contribution >= 0.6 is 0 Å². The summed E-state index contributed by atoms with van der Waals surface area (Å²) in [5.41, 5.74) is 5.62. The summed E-state index contributed by atoms with van der Waals surface area (Å²) in [7, 11) is -3.33. The molecule has 1 aliphatic rings. The summed E-state index contributed by atoms with van der Waals surface area (Å²) in [4.78, 5) is 0. The molecule has 1 saturated carbocycles. The van der Waals surface area contributed by atoms with Gasteiger partial charge in [-0.3, -0.25) is 4.39 Å². The van der Waals surface area contributed by atoms with E-state index in [4.69, 9.17) is 5.73 Å². The Balaban J connectivity index is 2.50. The standard InChI is InChI=1S/C10H21FN2O2S/c11-6-3-7-16(14,15)13-10-5-2-1-4-9(10)8-12/h9-10,13H,1-8,12H2/t9-,10-/m1/s1. The highest BCUT2D eigenvalue weighted by molar-refractivity contribution is 7.89. The van der Waals surface area contributed by atoms with E-state index >= 15 is 0 Å². The van der Waals surface area contributed by atoms with E-state index in [0.717, 1.165) is 25.7 Å². The van der Waals surface area contributed by atoms with Crippen molar-refractivity contribution in [1.29, 1.82) is 0 Å². The number of nitrogens with two attached hydrogens (primary N) is 1. The first-order chi connectivity index (χ1) is 7.59. The molecule has 0 aromatic rings. The maximum atomic E-state index is 11.9. The molecule has 1 fully saturated rings. The smallest absolute Gasteiger partial charge is 0.211 e. The first-order valence-electron chi connectivity index (χ1n) is 5.85. The highest BCUT2D eigenvalue weighted by Crippen LogP contribution is 2.24. The van der Waals surface area contributed by atoms with Crippen LogP contribution in [0.5, 0.6) is 0 Å². The summed E-state index contributed by atoms with van der Waals surface area (Å²) in [6, 6.07) is -0.0524. The molecule has 0 heterocycles. The molecule has 16 heavy (non-hydrogen) atoms. The van der Waals surface area contributed by atoms with Crippen LogP contribution in [0, 0.1) is 5.92 Å². The van der Waals surface area contributed by atoms with Crippen molar-refractivity contribution in [2.45, 2.75) is 38.1 Å². The molecule has 0 saturated heterocycles. The molecule has 4 nitrogen and oxygen atoms in total. The molecule has 0 amide bonds. The molecule has 2 atom stereocenters. The predicted molar refractivity (Wildman–Crippen MR) is 62.3 cm³/mol. The van der Waals surface area contributed by atoms with E-state index in [1.807, 2.05) is 0 Å². The van der Waals surface area contributed by atoms with Crippen molar-refractivity contribution in [1.82, 2.24) is 4.72 Å². The van der Waals surface area contributed by atoms with Gasteiger partial charge in [0.05, 0.1) is 12.4 Å². The molecular formula is C10H21FN2O2S. The largest absolute Gasteiger partial charge is 0.330 e. The van der Waals surface area contributed by atoms with E-state index in [1.165, 1.54) is 0 Å². The number of hydrogen-bond acceptors (Lipinski definition) is 3. The van der Waals surface area contributed by atoms with Gasteiger partial charge in [0.25, 0.3) is 0 Å². The van der Waals surface area contributed by atoms with Crippen molar-refractivity contribution in [3.8, 4) is 0 Å². The van der Waals surface area contributed by atoms with Crippen LogP contribution in [0.2, 0.25) is 0 Å². The maximum absolute atomic E-state index is 11.9. The van der Waals surface area contributed by atoms with Gasteiger partial charge in [-0.1, -0.05) is 12.8 Å². The van der Waals surface area contributed by atoms with E-state index in [2.05, 4.69) is 4.72 Å². The number of halogens is 1. The summed E-state index contributed by atoms with van der Waals surface area (Å²) in [5.74, 6) is 0.103. The number of hydrogen-bond donors (Lipinski definition) is 2. The lowest BCUT2D eigenvalue weighted by Crippen LogP contribution is -2.45. The zero-order chi connectivity index (χ0) is 12.0. The fourth-order valence-corrected chi connectivity index (χ4v) is 3.56. The summed E-state index contributed by atoms with van der Waals surface area (Å²) in [6.45, 7) is -0.0812. The quantitative estimate of drug-likeness (QED) is 0.734. The lowest BCUT2D eigenvalue weighted by atomic mass is 9.85. The van der Waals surface area contributed by atoms with E-state index in [9.17, 15) is 12.8 Å². The van der Waals surface area contributed by atoms with Crippen molar-refractivity contribution < 1.29 is 12.8 Å². The molecule has 0 aliphatic heterocycles. The lowest BCUT2D eigenvalue weighted by Gasteiger charge is -2.30. The normalized spacial score (nSPS) is 26.9. The monoisotopic (exact) mass is 252 g/mol. The first kappa shape index (κ1) is 13.9. The van der Waals surface area contributed by atoms with Gasteiger partial charge in [-0.2, -0.15) is 0 Å². The highest BCUT2D eigenvalue weighted by atomic mass is 32.2. The summed E-state index contributed by atoms with van der Waals surface area (Å²) in [5, 5.41) is 0. The highest BCUT2D eigenvalue weighted by Gasteiger charge is 2.27. The summed E-state index contributed by atoms with van der Waals surface area (Å²) < 4.78 is 37.8. The lowest BCUT2D eigenvalue weighted by molar-refractivity contribution is 0.296. The van der Waals surface area contributed by atoms with Crippen LogP contribution in [0.15, 0.2) is 0 Å². The predicted octanol–water partition coefficient (Wildman–Crippen LogP) is 0.783. The molecule has 0 aromatic heterocycles. The zero-order valence-electron chi connectivity index (χ0n) is 9.49. The van der Waals surface area contributed by atoms with Crippen molar-refractivity contribution >= 4 is 10.0 Å². The van der Waals surface area contributed by atoms with Gasteiger partial charge in [0, 0.05) is 6.04 Å². The summed E-state index contributed by atoms with van der Waals surface area (Å²) >= 11 is 0. The minimum Gasteiger partial charge on any atom is -0.330 e. The van der Waals surface area contributed by atoms with E-state index < -0.39 is 16.7 Å². The second kappa shape index (κ2) is 6.51. The van der Waals surface area contributed by atoms with Gasteiger partial charge < -0.3 is 5.73 Å². The minimum atomic E-state index is -3.33. The average molecular weight is 252 g/mol. The Morgan fingerprint density at radius 1 is 1.31 bits per heavy atom. The molecule has 0 spiro atoms. The van der Waals surface area contributed by atoms with E-state index in [-0.39, 0.29) is 24.1 Å². The van der Waals surface area contributed by atoms with Gasteiger partial charge in [-0.25, -0.2) is 13.1 Å². The fraction of sp³-hybridized carbons (Fsp3) is 1.00. The van der Waals surface area contributed by atoms with Crippen molar-refractivity contribution in [2.75, 3.05) is 19.0 Å². The van der Waals surface area contributed by atoms with Gasteiger partial charge in [-0.15, -0.1) is 0 Å². The minimum absolute atomic E-state index is 0.0524. The fourth-order valence-electron chi connectivity index (χ4n) is 2.18. The van der Waals surface area contributed by atoms with Crippen LogP contribution in [-0.2, 0) is 10.0 Å². The third-order valence-electron chi connectivity index (χ3n) is 3.09.